The van der Waals surface area contributed by atoms with Crippen LogP contribution in [0.4, 0.5) is 5.69 Å². The summed E-state index contributed by atoms with van der Waals surface area (Å²) in [5.41, 5.74) is 7.54. The third kappa shape index (κ3) is 2.70. The van der Waals surface area contributed by atoms with E-state index in [1.54, 1.807) is 19.9 Å². The summed E-state index contributed by atoms with van der Waals surface area (Å²) >= 11 is 0. The lowest BCUT2D eigenvalue weighted by Crippen LogP contribution is -2.32. The maximum atomic E-state index is 11.3. The molecule has 15 heavy (non-hydrogen) atoms. The number of nitrogens with one attached hydrogen (secondary N) is 1. The van der Waals surface area contributed by atoms with Gasteiger partial charge in [0.25, 0.3) is 0 Å². The van der Waals surface area contributed by atoms with Crippen molar-refractivity contribution in [2.75, 3.05) is 5.32 Å². The smallest absolute Gasteiger partial charge is 0.241 e. The molecule has 1 aromatic rings. The lowest BCUT2D eigenvalue weighted by Gasteiger charge is -2.11. The fourth-order valence-corrected chi connectivity index (χ4v) is 1.30. The number of phenols is 1. The highest BCUT2D eigenvalue weighted by atomic mass is 16.3. The number of anilines is 1. The number of benzene rings is 1. The van der Waals surface area contributed by atoms with E-state index < -0.39 is 6.04 Å². The van der Waals surface area contributed by atoms with Gasteiger partial charge in [0.1, 0.15) is 5.75 Å². The normalized spacial score (nSPS) is 12.3. The van der Waals surface area contributed by atoms with E-state index in [1.807, 2.05) is 13.0 Å². The number of carbonyl (C=O) groups excluding carboxylic acids is 1. The maximum Gasteiger partial charge on any atom is 0.241 e. The van der Waals surface area contributed by atoms with Crippen molar-refractivity contribution >= 4 is 11.6 Å². The summed E-state index contributed by atoms with van der Waals surface area (Å²) in [5, 5.41) is 12.3. The van der Waals surface area contributed by atoms with Gasteiger partial charge in [-0.05, 0) is 38.0 Å². The minimum absolute atomic E-state index is 0.0922. The second kappa shape index (κ2) is 4.31. The van der Waals surface area contributed by atoms with Crippen LogP contribution in [0.15, 0.2) is 12.1 Å². The molecule has 0 unspecified atom stereocenters. The van der Waals surface area contributed by atoms with Gasteiger partial charge in [-0.2, -0.15) is 0 Å². The van der Waals surface area contributed by atoms with Gasteiger partial charge in [-0.1, -0.05) is 6.07 Å². The second-order valence-corrected chi connectivity index (χ2v) is 3.76. The topological polar surface area (TPSA) is 75.3 Å². The van der Waals surface area contributed by atoms with Crippen LogP contribution < -0.4 is 11.1 Å². The fourth-order valence-electron chi connectivity index (χ4n) is 1.30. The minimum Gasteiger partial charge on any atom is -0.505 e. The summed E-state index contributed by atoms with van der Waals surface area (Å²) in [4.78, 5) is 11.3. The first-order valence-electron chi connectivity index (χ1n) is 4.78. The van der Waals surface area contributed by atoms with Gasteiger partial charge in [-0.25, -0.2) is 0 Å². The molecule has 0 bridgehead atoms. The molecular weight excluding hydrogens is 192 g/mol. The average Bonchev–Trinajstić information content (AvgIpc) is 2.13. The van der Waals surface area contributed by atoms with Crippen LogP contribution in [0.1, 0.15) is 18.1 Å². The van der Waals surface area contributed by atoms with E-state index in [0.29, 0.717) is 5.69 Å². The summed E-state index contributed by atoms with van der Waals surface area (Å²) in [6.45, 7) is 5.27. The van der Waals surface area contributed by atoms with Gasteiger partial charge in [0.2, 0.25) is 5.91 Å². The molecule has 1 amide bonds. The molecule has 0 heterocycles. The number of rotatable bonds is 2. The molecule has 82 valence electrons. The average molecular weight is 208 g/mol. The van der Waals surface area contributed by atoms with Crippen molar-refractivity contribution in [1.82, 2.24) is 0 Å². The van der Waals surface area contributed by atoms with Crippen LogP contribution in [0.3, 0.4) is 0 Å². The molecule has 1 atom stereocenters. The largest absolute Gasteiger partial charge is 0.505 e. The number of hydrogen-bond donors (Lipinski definition) is 3. The van der Waals surface area contributed by atoms with Crippen LogP contribution in [0.25, 0.3) is 0 Å². The molecule has 4 N–H and O–H groups in total. The zero-order valence-electron chi connectivity index (χ0n) is 9.16. The minimum atomic E-state index is -0.592. The molecule has 0 aliphatic heterocycles. The Morgan fingerprint density at radius 1 is 1.47 bits per heavy atom. The zero-order chi connectivity index (χ0) is 11.6. The Kier molecular flexibility index (Phi) is 3.31. The van der Waals surface area contributed by atoms with Crippen molar-refractivity contribution in [3.05, 3.63) is 23.3 Å². The van der Waals surface area contributed by atoms with Gasteiger partial charge in [0.15, 0.2) is 0 Å². The van der Waals surface area contributed by atoms with Gasteiger partial charge in [0.05, 0.1) is 11.7 Å². The maximum absolute atomic E-state index is 11.3. The Morgan fingerprint density at radius 3 is 2.60 bits per heavy atom. The summed E-state index contributed by atoms with van der Waals surface area (Å²) in [5.74, 6) is -0.218. The van der Waals surface area contributed by atoms with Crippen LogP contribution in [0.5, 0.6) is 5.75 Å². The van der Waals surface area contributed by atoms with Crippen LogP contribution in [-0.2, 0) is 4.79 Å². The van der Waals surface area contributed by atoms with Crippen molar-refractivity contribution in [3.8, 4) is 5.75 Å². The molecule has 0 aliphatic rings. The van der Waals surface area contributed by atoms with E-state index in [4.69, 9.17) is 5.73 Å². The number of nitrogens with two attached hydrogens (primary N) is 1. The first kappa shape index (κ1) is 11.5. The quantitative estimate of drug-likeness (QED) is 0.641. The summed E-state index contributed by atoms with van der Waals surface area (Å²) in [6, 6.07) is 2.96. The summed E-state index contributed by atoms with van der Waals surface area (Å²) in [7, 11) is 0. The third-order valence-electron chi connectivity index (χ3n) is 2.12. The van der Waals surface area contributed by atoms with E-state index >= 15 is 0 Å². The van der Waals surface area contributed by atoms with Crippen molar-refractivity contribution in [3.63, 3.8) is 0 Å². The Morgan fingerprint density at radius 2 is 2.07 bits per heavy atom. The van der Waals surface area contributed by atoms with E-state index in [-0.39, 0.29) is 11.7 Å². The highest BCUT2D eigenvalue weighted by Crippen LogP contribution is 2.28. The molecule has 4 heteroatoms. The molecule has 0 fully saturated rings. The lowest BCUT2D eigenvalue weighted by molar-refractivity contribution is -0.117. The predicted molar refractivity (Wildman–Crippen MR) is 59.9 cm³/mol. The van der Waals surface area contributed by atoms with Gasteiger partial charge >= 0.3 is 0 Å². The number of hydrogen-bond acceptors (Lipinski definition) is 3. The predicted octanol–water partition coefficient (Wildman–Crippen LogP) is 1.29. The number of aromatic hydroxyl groups is 1. The Hall–Kier alpha value is -1.55. The molecule has 0 saturated carbocycles. The molecule has 0 aromatic heterocycles. The number of phenolic OH excluding ortho intramolecular Hbond substituents is 1. The first-order valence-corrected chi connectivity index (χ1v) is 4.78. The van der Waals surface area contributed by atoms with Gasteiger partial charge < -0.3 is 16.2 Å². The van der Waals surface area contributed by atoms with Crippen molar-refractivity contribution in [1.29, 1.82) is 0 Å². The first-order chi connectivity index (χ1) is 6.91. The van der Waals surface area contributed by atoms with Gasteiger partial charge in [-0.3, -0.25) is 4.79 Å². The van der Waals surface area contributed by atoms with E-state index in [0.717, 1.165) is 11.1 Å². The number of carbonyl (C=O) groups is 1. The number of aryl methyl sites for hydroxylation is 2. The summed E-state index contributed by atoms with van der Waals surface area (Å²) in [6.07, 6.45) is 0. The highest BCUT2D eigenvalue weighted by molar-refractivity contribution is 5.95. The molecule has 0 radical (unpaired) electrons. The Bertz CT molecular complexity index is 386. The van der Waals surface area contributed by atoms with Crippen molar-refractivity contribution < 1.29 is 9.90 Å². The third-order valence-corrected chi connectivity index (χ3v) is 2.12. The Labute approximate surface area is 89.1 Å². The molecule has 0 aliphatic carbocycles. The van der Waals surface area contributed by atoms with Crippen molar-refractivity contribution in [2.24, 2.45) is 5.73 Å². The highest BCUT2D eigenvalue weighted by Gasteiger charge is 2.11. The van der Waals surface area contributed by atoms with Crippen LogP contribution in [-0.4, -0.2) is 17.1 Å². The SMILES string of the molecule is Cc1cc(C)c(O)c(NC(=O)[C@@H](C)N)c1. The Balaban J connectivity index is 2.99. The van der Waals surface area contributed by atoms with Crippen LogP contribution >= 0.6 is 0 Å². The number of amides is 1. The van der Waals surface area contributed by atoms with E-state index in [1.165, 1.54) is 0 Å². The lowest BCUT2D eigenvalue weighted by atomic mass is 10.1. The molecule has 1 aromatic carbocycles. The summed E-state index contributed by atoms with van der Waals surface area (Å²) < 4.78 is 0. The molecule has 4 nitrogen and oxygen atoms in total. The molecule has 0 spiro atoms. The standard InChI is InChI=1S/C11H16N2O2/c1-6-4-7(2)10(14)9(5-6)13-11(15)8(3)12/h4-5,8,14H,12H2,1-3H3,(H,13,15)/t8-/m1/s1. The fraction of sp³-hybridized carbons (Fsp3) is 0.364. The monoisotopic (exact) mass is 208 g/mol. The molecule has 0 saturated heterocycles. The van der Waals surface area contributed by atoms with Gasteiger partial charge in [0, 0.05) is 0 Å². The van der Waals surface area contributed by atoms with Crippen LogP contribution in [0.2, 0.25) is 0 Å². The van der Waals surface area contributed by atoms with Crippen LogP contribution in [0, 0.1) is 13.8 Å². The van der Waals surface area contributed by atoms with Crippen molar-refractivity contribution in [2.45, 2.75) is 26.8 Å². The van der Waals surface area contributed by atoms with E-state index in [2.05, 4.69) is 5.32 Å². The molecular formula is C11H16N2O2. The zero-order valence-corrected chi connectivity index (χ0v) is 9.16. The molecule has 1 rings (SSSR count). The van der Waals surface area contributed by atoms with Gasteiger partial charge in [-0.15, -0.1) is 0 Å². The second-order valence-electron chi connectivity index (χ2n) is 3.76. The van der Waals surface area contributed by atoms with E-state index in [9.17, 15) is 9.90 Å².